The van der Waals surface area contributed by atoms with Crippen LogP contribution >= 0.6 is 0 Å². The van der Waals surface area contributed by atoms with Crippen molar-refractivity contribution in [3.63, 3.8) is 0 Å². The topological polar surface area (TPSA) is 118 Å². The Hall–Kier alpha value is -2.18. The van der Waals surface area contributed by atoms with Gasteiger partial charge in [0, 0.05) is 12.2 Å². The van der Waals surface area contributed by atoms with Crippen molar-refractivity contribution in [2.24, 2.45) is 0 Å². The number of carboxylic acids is 2. The second-order valence-corrected chi connectivity index (χ2v) is 2.36. The molecule has 0 saturated carbocycles. The third-order valence-electron chi connectivity index (χ3n) is 1.13. The number of esters is 2. The fourth-order valence-corrected chi connectivity index (χ4v) is 0.576. The Balaban J connectivity index is 0.000000262. The minimum absolute atomic E-state index is 0.263. The van der Waals surface area contributed by atoms with Crippen LogP contribution in [0.3, 0.4) is 0 Å². The van der Waals surface area contributed by atoms with E-state index in [1.165, 1.54) is 0 Å². The highest BCUT2D eigenvalue weighted by molar-refractivity contribution is 5.92. The molecular formula is C8H8O7. The molecule has 2 N–H and O–H groups in total. The first-order valence-corrected chi connectivity index (χ1v) is 3.79. The van der Waals surface area contributed by atoms with Gasteiger partial charge in [0.15, 0.2) is 0 Å². The molecule has 0 aromatic heterocycles. The number of carbonyl (C=O) groups is 4. The van der Waals surface area contributed by atoms with Gasteiger partial charge >= 0.3 is 23.9 Å². The van der Waals surface area contributed by atoms with Gasteiger partial charge in [-0.3, -0.25) is 9.59 Å². The van der Waals surface area contributed by atoms with Gasteiger partial charge in [0.05, 0.1) is 12.8 Å². The molecule has 1 aliphatic rings. The van der Waals surface area contributed by atoms with Gasteiger partial charge in [-0.1, -0.05) is 0 Å². The van der Waals surface area contributed by atoms with Crippen molar-refractivity contribution in [3.05, 3.63) is 12.2 Å². The standard InChI is InChI=1S/C4H4O4.C4H4O3/c5-3(6)1-2-4(7)8;5-3-1-2-4(6)7-3/h1-2H,(H,5,6)(H,7,8);1-2H2. The van der Waals surface area contributed by atoms with Crippen molar-refractivity contribution in [3.8, 4) is 0 Å². The van der Waals surface area contributed by atoms with Crippen molar-refractivity contribution in [2.45, 2.75) is 12.8 Å². The molecule has 0 amide bonds. The number of cyclic esters (lactones) is 2. The molecule has 82 valence electrons. The molecule has 1 fully saturated rings. The third-order valence-corrected chi connectivity index (χ3v) is 1.13. The zero-order valence-electron chi connectivity index (χ0n) is 7.50. The maximum absolute atomic E-state index is 10.0. The molecule has 1 heterocycles. The van der Waals surface area contributed by atoms with E-state index >= 15 is 0 Å². The second-order valence-electron chi connectivity index (χ2n) is 2.36. The first-order valence-electron chi connectivity index (χ1n) is 3.79. The summed E-state index contributed by atoms with van der Waals surface area (Å²) in [5, 5.41) is 15.6. The molecule has 0 radical (unpaired) electrons. The van der Waals surface area contributed by atoms with E-state index in [-0.39, 0.29) is 12.8 Å². The molecular weight excluding hydrogens is 208 g/mol. The predicted molar refractivity (Wildman–Crippen MR) is 44.7 cm³/mol. The van der Waals surface area contributed by atoms with Gasteiger partial charge in [-0.05, 0) is 0 Å². The van der Waals surface area contributed by atoms with E-state index < -0.39 is 23.9 Å². The van der Waals surface area contributed by atoms with Crippen LogP contribution in [0.5, 0.6) is 0 Å². The zero-order chi connectivity index (χ0) is 11.8. The summed E-state index contributed by atoms with van der Waals surface area (Å²) in [7, 11) is 0. The average molecular weight is 216 g/mol. The molecule has 15 heavy (non-hydrogen) atoms. The lowest BCUT2D eigenvalue weighted by molar-refractivity contribution is -0.152. The number of ether oxygens (including phenoxy) is 1. The second kappa shape index (κ2) is 6.30. The summed E-state index contributed by atoms with van der Waals surface area (Å²) in [5.74, 6) is -3.31. The van der Waals surface area contributed by atoms with Gasteiger partial charge < -0.3 is 14.9 Å². The van der Waals surface area contributed by atoms with E-state index in [0.717, 1.165) is 0 Å². The van der Waals surface area contributed by atoms with E-state index in [0.29, 0.717) is 12.2 Å². The van der Waals surface area contributed by atoms with Crippen LogP contribution in [0.15, 0.2) is 12.2 Å². The van der Waals surface area contributed by atoms with Gasteiger partial charge in [0.1, 0.15) is 0 Å². The monoisotopic (exact) mass is 216 g/mol. The Labute approximate surface area is 84.0 Å². The van der Waals surface area contributed by atoms with Crippen LogP contribution < -0.4 is 0 Å². The molecule has 0 unspecified atom stereocenters. The Morgan fingerprint density at radius 3 is 1.47 bits per heavy atom. The predicted octanol–water partition coefficient (Wildman–Crippen LogP) is -0.438. The Bertz CT molecular complexity index is 285. The quantitative estimate of drug-likeness (QED) is 0.365. The lowest BCUT2D eigenvalue weighted by atomic mass is 10.4. The van der Waals surface area contributed by atoms with Crippen molar-refractivity contribution < 1.29 is 34.1 Å². The van der Waals surface area contributed by atoms with E-state index in [2.05, 4.69) is 4.74 Å². The molecule has 0 aromatic rings. The molecule has 0 bridgehead atoms. The molecule has 1 aliphatic heterocycles. The maximum atomic E-state index is 10.0. The van der Waals surface area contributed by atoms with Crippen molar-refractivity contribution in [1.82, 2.24) is 0 Å². The molecule has 7 heteroatoms. The number of carbonyl (C=O) groups excluding carboxylic acids is 2. The summed E-state index contributed by atoms with van der Waals surface area (Å²) in [6.45, 7) is 0. The Morgan fingerprint density at radius 1 is 1.00 bits per heavy atom. The number of aliphatic carboxylic acids is 2. The fourth-order valence-electron chi connectivity index (χ4n) is 0.576. The van der Waals surface area contributed by atoms with Gasteiger partial charge in [0.2, 0.25) is 0 Å². The van der Waals surface area contributed by atoms with Crippen LogP contribution in [-0.2, 0) is 23.9 Å². The highest BCUT2D eigenvalue weighted by Gasteiger charge is 2.19. The van der Waals surface area contributed by atoms with Gasteiger partial charge in [-0.15, -0.1) is 0 Å². The minimum atomic E-state index is -1.26. The van der Waals surface area contributed by atoms with Crippen molar-refractivity contribution in [2.75, 3.05) is 0 Å². The van der Waals surface area contributed by atoms with Crippen LogP contribution in [-0.4, -0.2) is 34.1 Å². The molecule has 0 aromatic carbocycles. The first-order chi connectivity index (χ1) is 6.91. The lowest BCUT2D eigenvalue weighted by Crippen LogP contribution is -1.94. The van der Waals surface area contributed by atoms with Crippen molar-refractivity contribution in [1.29, 1.82) is 0 Å². The number of carboxylic acid groups (broad SMARTS) is 2. The smallest absolute Gasteiger partial charge is 0.328 e. The van der Waals surface area contributed by atoms with Gasteiger partial charge in [0.25, 0.3) is 0 Å². The first kappa shape index (κ1) is 12.8. The molecule has 1 saturated heterocycles. The number of rotatable bonds is 2. The van der Waals surface area contributed by atoms with E-state index in [1.54, 1.807) is 0 Å². The van der Waals surface area contributed by atoms with Crippen LogP contribution in [0.1, 0.15) is 12.8 Å². The summed E-state index contributed by atoms with van der Waals surface area (Å²) in [5.41, 5.74) is 0. The SMILES string of the molecule is O=C(O)C=CC(=O)O.O=C1CCC(=O)O1. The number of hydrogen-bond donors (Lipinski definition) is 2. The summed E-state index contributed by atoms with van der Waals surface area (Å²) in [6, 6.07) is 0. The van der Waals surface area contributed by atoms with Crippen LogP contribution in [0.25, 0.3) is 0 Å². The Morgan fingerprint density at radius 2 is 1.33 bits per heavy atom. The van der Waals surface area contributed by atoms with Gasteiger partial charge in [-0.25, -0.2) is 9.59 Å². The normalized spacial score (nSPS) is 14.4. The van der Waals surface area contributed by atoms with E-state index in [9.17, 15) is 19.2 Å². The van der Waals surface area contributed by atoms with Crippen LogP contribution in [0.4, 0.5) is 0 Å². The van der Waals surface area contributed by atoms with Crippen molar-refractivity contribution >= 4 is 23.9 Å². The summed E-state index contributed by atoms with van der Waals surface area (Å²) in [4.78, 5) is 39.1. The summed E-state index contributed by atoms with van der Waals surface area (Å²) in [6.07, 6.45) is 1.64. The Kier molecular flexibility index (Phi) is 5.38. The highest BCUT2D eigenvalue weighted by Crippen LogP contribution is 2.03. The molecule has 1 rings (SSSR count). The molecule has 7 nitrogen and oxygen atoms in total. The maximum Gasteiger partial charge on any atom is 0.328 e. The van der Waals surface area contributed by atoms with Crippen LogP contribution in [0, 0.1) is 0 Å². The fraction of sp³-hybridized carbons (Fsp3) is 0.250. The molecule has 0 aliphatic carbocycles. The summed E-state index contributed by atoms with van der Waals surface area (Å²) < 4.78 is 4.08. The zero-order valence-corrected chi connectivity index (χ0v) is 7.50. The van der Waals surface area contributed by atoms with Crippen LogP contribution in [0.2, 0.25) is 0 Å². The number of hydrogen-bond acceptors (Lipinski definition) is 5. The largest absolute Gasteiger partial charge is 0.478 e. The summed E-state index contributed by atoms with van der Waals surface area (Å²) >= 11 is 0. The molecule has 0 atom stereocenters. The third kappa shape index (κ3) is 8.16. The molecule has 0 spiro atoms. The highest BCUT2D eigenvalue weighted by atomic mass is 16.6. The van der Waals surface area contributed by atoms with E-state index in [4.69, 9.17) is 10.2 Å². The average Bonchev–Trinajstić information content (AvgIpc) is 2.47. The minimum Gasteiger partial charge on any atom is -0.478 e. The van der Waals surface area contributed by atoms with E-state index in [1.807, 2.05) is 0 Å². The van der Waals surface area contributed by atoms with Gasteiger partial charge in [-0.2, -0.15) is 0 Å². The lowest BCUT2D eigenvalue weighted by Gasteiger charge is -1.79.